The van der Waals surface area contributed by atoms with Crippen LogP contribution in [0.1, 0.15) is 24.4 Å². The van der Waals surface area contributed by atoms with E-state index in [-0.39, 0.29) is 11.8 Å². The predicted molar refractivity (Wildman–Crippen MR) is 70.9 cm³/mol. The average Bonchev–Trinajstić information content (AvgIpc) is 2.83. The number of ether oxygens (including phenoxy) is 1. The van der Waals surface area contributed by atoms with Crippen LogP contribution in [0.15, 0.2) is 24.5 Å². The lowest BCUT2D eigenvalue weighted by Gasteiger charge is -2.14. The van der Waals surface area contributed by atoms with E-state index >= 15 is 0 Å². The van der Waals surface area contributed by atoms with Crippen LogP contribution in [0.2, 0.25) is 0 Å². The van der Waals surface area contributed by atoms with E-state index in [0.29, 0.717) is 12.3 Å². The van der Waals surface area contributed by atoms with Crippen LogP contribution in [-0.2, 0) is 13.6 Å². The number of nitrogens with zero attached hydrogens (tertiary/aromatic N) is 3. The summed E-state index contributed by atoms with van der Waals surface area (Å²) in [6, 6.07) is 5.31. The molecule has 1 atom stereocenters. The fourth-order valence-corrected chi connectivity index (χ4v) is 1.86. The van der Waals surface area contributed by atoms with Crippen molar-refractivity contribution in [3.63, 3.8) is 0 Å². The number of nitrogens with one attached hydrogen (secondary N) is 1. The summed E-state index contributed by atoms with van der Waals surface area (Å²) >= 11 is 0. The van der Waals surface area contributed by atoms with Crippen LogP contribution in [0.4, 0.5) is 0 Å². The van der Waals surface area contributed by atoms with Crippen LogP contribution >= 0.6 is 0 Å². The van der Waals surface area contributed by atoms with E-state index in [1.807, 2.05) is 30.7 Å². The molecule has 0 spiro atoms. The van der Waals surface area contributed by atoms with Gasteiger partial charge in [0.25, 0.3) is 0 Å². The zero-order valence-corrected chi connectivity index (χ0v) is 11.3. The lowest BCUT2D eigenvalue weighted by Crippen LogP contribution is -2.21. The van der Waals surface area contributed by atoms with Gasteiger partial charge in [-0.3, -0.25) is 0 Å². The summed E-state index contributed by atoms with van der Waals surface area (Å²) in [5.41, 5.74) is 0.815. The van der Waals surface area contributed by atoms with Crippen molar-refractivity contribution in [3.05, 3.63) is 35.9 Å². The maximum Gasteiger partial charge on any atom is 0.149 e. The number of rotatable bonds is 5. The summed E-state index contributed by atoms with van der Waals surface area (Å²) in [5.74, 6) is 1.72. The van der Waals surface area contributed by atoms with Crippen molar-refractivity contribution in [2.24, 2.45) is 7.05 Å². The monoisotopic (exact) mass is 262 g/mol. The number of aromatic nitrogens is 3. The normalized spacial score (nSPS) is 12.4. The first-order valence-corrected chi connectivity index (χ1v) is 6.05. The van der Waals surface area contributed by atoms with Gasteiger partial charge >= 0.3 is 0 Å². The molecule has 0 aliphatic heterocycles. The molecule has 0 radical (unpaired) electrons. The molecule has 1 unspecified atom stereocenters. The number of benzene rings is 1. The highest BCUT2D eigenvalue weighted by Crippen LogP contribution is 2.23. The minimum absolute atomic E-state index is 0.0500. The lowest BCUT2D eigenvalue weighted by molar-refractivity contribution is 0.405. The Morgan fingerprint density at radius 1 is 1.47 bits per heavy atom. The Bertz CT molecular complexity index is 553. The van der Waals surface area contributed by atoms with Gasteiger partial charge in [0.05, 0.1) is 13.2 Å². The van der Waals surface area contributed by atoms with Crippen LogP contribution in [0.5, 0.6) is 11.5 Å². The summed E-state index contributed by atoms with van der Waals surface area (Å²) < 4.78 is 6.91. The molecule has 1 aromatic heterocycles. The largest absolute Gasteiger partial charge is 0.507 e. The third-order valence-corrected chi connectivity index (χ3v) is 3.02. The van der Waals surface area contributed by atoms with Crippen molar-refractivity contribution < 1.29 is 9.84 Å². The van der Waals surface area contributed by atoms with Crippen molar-refractivity contribution in [3.8, 4) is 11.5 Å². The summed E-state index contributed by atoms with van der Waals surface area (Å²) in [5, 5.41) is 21.1. The first-order chi connectivity index (χ1) is 9.11. The number of aryl methyl sites for hydroxylation is 1. The molecule has 2 N–H and O–H groups in total. The molecule has 2 rings (SSSR count). The third-order valence-electron chi connectivity index (χ3n) is 3.02. The lowest BCUT2D eigenvalue weighted by atomic mass is 10.1. The van der Waals surface area contributed by atoms with E-state index in [4.69, 9.17) is 4.74 Å². The van der Waals surface area contributed by atoms with Crippen molar-refractivity contribution in [2.45, 2.75) is 19.5 Å². The van der Waals surface area contributed by atoms with E-state index < -0.39 is 0 Å². The molecular weight excluding hydrogens is 244 g/mol. The van der Waals surface area contributed by atoms with Crippen LogP contribution in [-0.4, -0.2) is 27.0 Å². The van der Waals surface area contributed by atoms with Gasteiger partial charge in [-0.15, -0.1) is 10.2 Å². The Labute approximate surface area is 112 Å². The SMILES string of the molecule is COc1ccc(CNC(C)c2nncn2C)c(O)c1. The Kier molecular flexibility index (Phi) is 4.01. The Balaban J connectivity index is 2.01. The van der Waals surface area contributed by atoms with Crippen molar-refractivity contribution >= 4 is 0 Å². The molecule has 0 aliphatic carbocycles. The molecule has 0 aliphatic rings. The molecule has 19 heavy (non-hydrogen) atoms. The van der Waals surface area contributed by atoms with Crippen LogP contribution < -0.4 is 10.1 Å². The highest BCUT2D eigenvalue weighted by Gasteiger charge is 2.11. The van der Waals surface area contributed by atoms with E-state index in [0.717, 1.165) is 11.4 Å². The predicted octanol–water partition coefficient (Wildman–Crippen LogP) is 1.38. The van der Waals surface area contributed by atoms with E-state index in [1.165, 1.54) is 0 Å². The molecule has 6 nitrogen and oxygen atoms in total. The zero-order valence-electron chi connectivity index (χ0n) is 11.3. The van der Waals surface area contributed by atoms with Gasteiger partial charge in [0.15, 0.2) is 0 Å². The second kappa shape index (κ2) is 5.71. The second-order valence-corrected chi connectivity index (χ2v) is 4.40. The first-order valence-electron chi connectivity index (χ1n) is 6.05. The summed E-state index contributed by atoms with van der Waals surface area (Å²) in [7, 11) is 3.47. The summed E-state index contributed by atoms with van der Waals surface area (Å²) in [6.07, 6.45) is 1.67. The number of hydrogen-bond donors (Lipinski definition) is 2. The van der Waals surface area contributed by atoms with Gasteiger partial charge < -0.3 is 19.7 Å². The van der Waals surface area contributed by atoms with Crippen molar-refractivity contribution in [1.82, 2.24) is 20.1 Å². The fourth-order valence-electron chi connectivity index (χ4n) is 1.86. The number of aromatic hydroxyl groups is 1. The fraction of sp³-hybridized carbons (Fsp3) is 0.385. The summed E-state index contributed by atoms with van der Waals surface area (Å²) in [6.45, 7) is 2.55. The molecule has 0 saturated carbocycles. The number of phenolic OH excluding ortho intramolecular Hbond substituents is 1. The minimum Gasteiger partial charge on any atom is -0.507 e. The Hall–Kier alpha value is -2.08. The third kappa shape index (κ3) is 3.03. The zero-order chi connectivity index (χ0) is 13.8. The van der Waals surface area contributed by atoms with Crippen molar-refractivity contribution in [2.75, 3.05) is 7.11 Å². The van der Waals surface area contributed by atoms with Crippen LogP contribution in [0.3, 0.4) is 0 Å². The molecule has 1 heterocycles. The van der Waals surface area contributed by atoms with Crippen LogP contribution in [0.25, 0.3) is 0 Å². The maximum atomic E-state index is 9.87. The number of methoxy groups -OCH3 is 1. The highest BCUT2D eigenvalue weighted by molar-refractivity contribution is 5.39. The quantitative estimate of drug-likeness (QED) is 0.851. The van der Waals surface area contributed by atoms with E-state index in [9.17, 15) is 5.11 Å². The summed E-state index contributed by atoms with van der Waals surface area (Å²) in [4.78, 5) is 0. The molecular formula is C13H18N4O2. The van der Waals surface area contributed by atoms with Crippen molar-refractivity contribution in [1.29, 1.82) is 0 Å². The first kappa shape index (κ1) is 13.4. The number of phenols is 1. The molecule has 0 fully saturated rings. The van der Waals surface area contributed by atoms with Gasteiger partial charge in [0.2, 0.25) is 0 Å². The molecule has 102 valence electrons. The average molecular weight is 262 g/mol. The highest BCUT2D eigenvalue weighted by atomic mass is 16.5. The maximum absolute atomic E-state index is 9.87. The molecule has 0 bridgehead atoms. The van der Waals surface area contributed by atoms with Gasteiger partial charge in [-0.2, -0.15) is 0 Å². The topological polar surface area (TPSA) is 72.2 Å². The standard InChI is InChI=1S/C13H18N4O2/c1-9(13-16-15-8-17(13)2)14-7-10-4-5-11(19-3)6-12(10)18/h4-6,8-9,14,18H,7H2,1-3H3. The van der Waals surface area contributed by atoms with E-state index in [2.05, 4.69) is 15.5 Å². The molecule has 6 heteroatoms. The molecule has 0 saturated heterocycles. The van der Waals surface area contributed by atoms with Gasteiger partial charge in [0, 0.05) is 25.2 Å². The van der Waals surface area contributed by atoms with Crippen LogP contribution in [0, 0.1) is 0 Å². The molecule has 1 aromatic carbocycles. The minimum atomic E-state index is 0.0500. The van der Waals surface area contributed by atoms with E-state index in [1.54, 1.807) is 19.5 Å². The number of hydrogen-bond acceptors (Lipinski definition) is 5. The second-order valence-electron chi connectivity index (χ2n) is 4.40. The Morgan fingerprint density at radius 2 is 2.26 bits per heavy atom. The smallest absolute Gasteiger partial charge is 0.149 e. The molecule has 2 aromatic rings. The van der Waals surface area contributed by atoms with Gasteiger partial charge in [-0.05, 0) is 13.0 Å². The van der Waals surface area contributed by atoms with Gasteiger partial charge in [-0.25, -0.2) is 0 Å². The van der Waals surface area contributed by atoms with Gasteiger partial charge in [0.1, 0.15) is 23.7 Å². The molecule has 0 amide bonds. The Morgan fingerprint density at radius 3 is 2.84 bits per heavy atom. The van der Waals surface area contributed by atoms with Gasteiger partial charge in [-0.1, -0.05) is 6.07 Å².